The Balaban J connectivity index is 2.99. The van der Waals surface area contributed by atoms with Gasteiger partial charge in [-0.2, -0.15) is 0 Å². The zero-order chi connectivity index (χ0) is 11.6. The summed E-state index contributed by atoms with van der Waals surface area (Å²) in [7, 11) is 2.09. The fourth-order valence-electron chi connectivity index (χ4n) is 1.49. The van der Waals surface area contributed by atoms with Gasteiger partial charge in [-0.15, -0.1) is 0 Å². The van der Waals surface area contributed by atoms with Gasteiger partial charge < -0.3 is 10.6 Å². The lowest BCUT2D eigenvalue weighted by atomic mass is 10.0. The summed E-state index contributed by atoms with van der Waals surface area (Å²) in [5, 5.41) is 0. The zero-order valence-corrected chi connectivity index (χ0v) is 11.4. The number of hydrogen-bond acceptors (Lipinski definition) is 2. The monoisotopic (exact) mass is 270 g/mol. The first kappa shape index (κ1) is 12.4. The van der Waals surface area contributed by atoms with Crippen molar-refractivity contribution in [3.05, 3.63) is 22.7 Å². The van der Waals surface area contributed by atoms with Gasteiger partial charge in [0, 0.05) is 17.6 Å². The third-order valence-electron chi connectivity index (χ3n) is 2.95. The van der Waals surface area contributed by atoms with Crippen molar-refractivity contribution in [3.63, 3.8) is 0 Å². The Morgan fingerprint density at radius 3 is 2.40 bits per heavy atom. The fourth-order valence-corrected chi connectivity index (χ4v) is 1.84. The van der Waals surface area contributed by atoms with Crippen LogP contribution in [0.1, 0.15) is 20.8 Å². The van der Waals surface area contributed by atoms with E-state index in [0.717, 1.165) is 15.8 Å². The number of nitrogens with zero attached hydrogens (tertiary/aromatic N) is 1. The van der Waals surface area contributed by atoms with Gasteiger partial charge in [0.1, 0.15) is 0 Å². The van der Waals surface area contributed by atoms with E-state index >= 15 is 0 Å². The molecule has 0 heterocycles. The summed E-state index contributed by atoms with van der Waals surface area (Å²) in [6.45, 7) is 6.65. The van der Waals surface area contributed by atoms with E-state index in [4.69, 9.17) is 5.73 Å². The molecular weight excluding hydrogens is 252 g/mol. The lowest BCUT2D eigenvalue weighted by Crippen LogP contribution is -2.33. The van der Waals surface area contributed by atoms with Crippen LogP contribution >= 0.6 is 15.9 Å². The number of rotatable bonds is 3. The molecule has 84 valence electrons. The summed E-state index contributed by atoms with van der Waals surface area (Å²) >= 11 is 3.47. The quantitative estimate of drug-likeness (QED) is 0.852. The van der Waals surface area contributed by atoms with E-state index in [1.54, 1.807) is 0 Å². The van der Waals surface area contributed by atoms with Crippen molar-refractivity contribution in [1.29, 1.82) is 0 Å². The fraction of sp³-hybridized carbons (Fsp3) is 0.500. The summed E-state index contributed by atoms with van der Waals surface area (Å²) < 4.78 is 1.06. The molecule has 1 atom stereocenters. The molecule has 1 rings (SSSR count). The Morgan fingerprint density at radius 1 is 1.27 bits per heavy atom. The minimum absolute atomic E-state index is 0.474. The number of hydrogen-bond donors (Lipinski definition) is 1. The van der Waals surface area contributed by atoms with Gasteiger partial charge in [0.05, 0.1) is 11.4 Å². The summed E-state index contributed by atoms with van der Waals surface area (Å²) in [5.74, 6) is 0.605. The third-order valence-corrected chi connectivity index (χ3v) is 3.44. The van der Waals surface area contributed by atoms with Crippen LogP contribution in [0.5, 0.6) is 0 Å². The molecule has 0 spiro atoms. The second kappa shape index (κ2) is 4.88. The van der Waals surface area contributed by atoms with E-state index in [1.807, 2.05) is 12.1 Å². The number of anilines is 2. The van der Waals surface area contributed by atoms with Crippen molar-refractivity contribution in [2.75, 3.05) is 17.7 Å². The normalized spacial score (nSPS) is 12.9. The summed E-state index contributed by atoms with van der Waals surface area (Å²) in [6, 6.07) is 6.44. The third kappa shape index (κ3) is 2.88. The second-order valence-corrected chi connectivity index (χ2v) is 5.21. The highest BCUT2D eigenvalue weighted by molar-refractivity contribution is 9.10. The van der Waals surface area contributed by atoms with Crippen molar-refractivity contribution in [3.8, 4) is 0 Å². The van der Waals surface area contributed by atoms with Gasteiger partial charge in [0.15, 0.2) is 0 Å². The van der Waals surface area contributed by atoms with E-state index in [2.05, 4.69) is 54.7 Å². The minimum Gasteiger partial charge on any atom is -0.397 e. The standard InChI is InChI=1S/C12H19BrN2/c1-8(2)9(3)15(4)12-7-10(13)5-6-11(12)14/h5-9H,14H2,1-4H3. The zero-order valence-electron chi connectivity index (χ0n) is 9.79. The smallest absolute Gasteiger partial charge is 0.0611 e. The molecule has 1 unspecified atom stereocenters. The van der Waals surface area contributed by atoms with Crippen LogP contribution in [-0.4, -0.2) is 13.1 Å². The van der Waals surface area contributed by atoms with Crippen LogP contribution in [-0.2, 0) is 0 Å². The molecular formula is C12H19BrN2. The first-order valence-corrected chi connectivity index (χ1v) is 6.00. The lowest BCUT2D eigenvalue weighted by molar-refractivity contribution is 0.506. The molecule has 0 aliphatic carbocycles. The van der Waals surface area contributed by atoms with Crippen molar-refractivity contribution in [2.45, 2.75) is 26.8 Å². The first-order chi connectivity index (χ1) is 6.93. The number of nitrogens with two attached hydrogens (primary N) is 1. The highest BCUT2D eigenvalue weighted by atomic mass is 79.9. The van der Waals surface area contributed by atoms with Crippen LogP contribution in [0, 0.1) is 5.92 Å². The average molecular weight is 271 g/mol. The maximum atomic E-state index is 5.97. The molecule has 1 aromatic rings. The summed E-state index contributed by atoms with van der Waals surface area (Å²) in [5.41, 5.74) is 7.88. The van der Waals surface area contributed by atoms with Crippen LogP contribution in [0.25, 0.3) is 0 Å². The van der Waals surface area contributed by atoms with Gasteiger partial charge in [-0.1, -0.05) is 29.8 Å². The molecule has 3 heteroatoms. The van der Waals surface area contributed by atoms with Gasteiger partial charge in [-0.05, 0) is 31.0 Å². The Kier molecular flexibility index (Phi) is 4.03. The molecule has 15 heavy (non-hydrogen) atoms. The Labute approximate surface area is 101 Å². The Morgan fingerprint density at radius 2 is 1.87 bits per heavy atom. The summed E-state index contributed by atoms with van der Waals surface area (Å²) in [4.78, 5) is 2.23. The lowest BCUT2D eigenvalue weighted by Gasteiger charge is -2.31. The molecule has 2 N–H and O–H groups in total. The predicted octanol–water partition coefficient (Wildman–Crippen LogP) is 3.51. The van der Waals surface area contributed by atoms with E-state index in [9.17, 15) is 0 Å². The van der Waals surface area contributed by atoms with Crippen molar-refractivity contribution in [2.24, 2.45) is 5.92 Å². The molecule has 0 bridgehead atoms. The maximum Gasteiger partial charge on any atom is 0.0611 e. The van der Waals surface area contributed by atoms with E-state index < -0.39 is 0 Å². The molecule has 0 saturated carbocycles. The molecule has 0 aliphatic heterocycles. The number of halogens is 1. The molecule has 0 fully saturated rings. The topological polar surface area (TPSA) is 29.3 Å². The van der Waals surface area contributed by atoms with Crippen LogP contribution < -0.4 is 10.6 Å². The molecule has 0 radical (unpaired) electrons. The van der Waals surface area contributed by atoms with E-state index in [1.165, 1.54) is 0 Å². The van der Waals surface area contributed by atoms with Gasteiger partial charge in [0.2, 0.25) is 0 Å². The first-order valence-electron chi connectivity index (χ1n) is 5.21. The van der Waals surface area contributed by atoms with Gasteiger partial charge in [0.25, 0.3) is 0 Å². The highest BCUT2D eigenvalue weighted by Gasteiger charge is 2.15. The summed E-state index contributed by atoms with van der Waals surface area (Å²) in [6.07, 6.45) is 0. The Bertz CT molecular complexity index is 336. The number of benzene rings is 1. The number of nitrogen functional groups attached to an aromatic ring is 1. The highest BCUT2D eigenvalue weighted by Crippen LogP contribution is 2.28. The Hall–Kier alpha value is -0.700. The van der Waals surface area contributed by atoms with E-state index in [0.29, 0.717) is 12.0 Å². The van der Waals surface area contributed by atoms with Gasteiger partial charge in [-0.3, -0.25) is 0 Å². The molecule has 1 aromatic carbocycles. The van der Waals surface area contributed by atoms with Crippen molar-refractivity contribution >= 4 is 27.3 Å². The maximum absolute atomic E-state index is 5.97. The second-order valence-electron chi connectivity index (χ2n) is 4.30. The SMILES string of the molecule is CC(C)C(C)N(C)c1cc(Br)ccc1N. The molecule has 2 nitrogen and oxygen atoms in total. The minimum atomic E-state index is 0.474. The molecule has 0 amide bonds. The van der Waals surface area contributed by atoms with Crippen molar-refractivity contribution in [1.82, 2.24) is 0 Å². The molecule has 0 aliphatic rings. The largest absolute Gasteiger partial charge is 0.397 e. The van der Waals surface area contributed by atoms with Crippen LogP contribution in [0.15, 0.2) is 22.7 Å². The van der Waals surface area contributed by atoms with Crippen LogP contribution in [0.2, 0.25) is 0 Å². The molecule has 0 aromatic heterocycles. The molecule has 0 saturated heterocycles. The van der Waals surface area contributed by atoms with Crippen LogP contribution in [0.4, 0.5) is 11.4 Å². The van der Waals surface area contributed by atoms with Crippen LogP contribution in [0.3, 0.4) is 0 Å². The average Bonchev–Trinajstić information content (AvgIpc) is 2.19. The van der Waals surface area contributed by atoms with Gasteiger partial charge in [-0.25, -0.2) is 0 Å². The van der Waals surface area contributed by atoms with Gasteiger partial charge >= 0.3 is 0 Å². The van der Waals surface area contributed by atoms with E-state index in [-0.39, 0.29) is 0 Å². The van der Waals surface area contributed by atoms with Crippen molar-refractivity contribution < 1.29 is 0 Å². The predicted molar refractivity (Wildman–Crippen MR) is 71.3 cm³/mol.